The molecule has 0 saturated carbocycles. The van der Waals surface area contributed by atoms with E-state index in [0.29, 0.717) is 19.8 Å². The molecule has 0 aromatic carbocycles. The van der Waals surface area contributed by atoms with Crippen molar-refractivity contribution >= 4 is 57.1 Å². The first-order valence-electron chi connectivity index (χ1n) is 21.9. The van der Waals surface area contributed by atoms with Gasteiger partial charge in [-0.1, -0.05) is 217 Å². The summed E-state index contributed by atoms with van der Waals surface area (Å²) in [5.41, 5.74) is 0. The summed E-state index contributed by atoms with van der Waals surface area (Å²) < 4.78 is 19.5. The second-order valence-electron chi connectivity index (χ2n) is 14.5. The predicted molar refractivity (Wildman–Crippen MR) is 234 cm³/mol. The van der Waals surface area contributed by atoms with Crippen LogP contribution in [0.5, 0.6) is 0 Å². The molecule has 0 rings (SSSR count). The predicted octanol–water partition coefficient (Wildman–Crippen LogP) is 14.1. The highest BCUT2D eigenvalue weighted by Gasteiger charge is 2.25. The molecular weight excluding hydrogens is 744 g/mol. The maximum atomic E-state index is 12.6. The average Bonchev–Trinajstić information content (AvgIpc) is 3.15. The molecule has 0 heterocycles. The van der Waals surface area contributed by atoms with E-state index in [1.807, 2.05) is 0 Å². The fourth-order valence-electron chi connectivity index (χ4n) is 5.96. The second kappa shape index (κ2) is 41.4. The smallest absolute Gasteiger partial charge is 0.332 e. The van der Waals surface area contributed by atoms with Gasteiger partial charge in [0.05, 0.1) is 31.3 Å². The summed E-state index contributed by atoms with van der Waals surface area (Å²) in [6.07, 6.45) is 36.5. The highest BCUT2D eigenvalue weighted by atomic mass is 33.2. The number of hydrogen-bond acceptors (Lipinski definition) is 10. The first-order chi connectivity index (χ1) is 25.9. The molecule has 0 fully saturated rings. The second-order valence-corrected chi connectivity index (χ2v) is 25.0. The van der Waals surface area contributed by atoms with Crippen LogP contribution in [-0.4, -0.2) is 55.8 Å². The van der Waals surface area contributed by atoms with Crippen molar-refractivity contribution < 1.29 is 33.1 Å². The van der Waals surface area contributed by atoms with Crippen LogP contribution in [0.4, 0.5) is 0 Å². The van der Waals surface area contributed by atoms with Crippen molar-refractivity contribution in [3.05, 3.63) is 0 Å². The van der Waals surface area contributed by atoms with Gasteiger partial charge < -0.3 is 18.7 Å². The molecule has 0 saturated heterocycles. The summed E-state index contributed by atoms with van der Waals surface area (Å²) in [4.78, 5) is 37.6. The van der Waals surface area contributed by atoms with Gasteiger partial charge in [-0.2, -0.15) is 0 Å². The van der Waals surface area contributed by atoms with Gasteiger partial charge in [-0.3, -0.25) is 9.59 Å². The maximum Gasteiger partial charge on any atom is 0.332 e. The van der Waals surface area contributed by atoms with E-state index in [-0.39, 0.29) is 30.1 Å². The van der Waals surface area contributed by atoms with Gasteiger partial charge in [0, 0.05) is 0 Å². The number of rotatable bonds is 42. The Morgan fingerprint density at radius 1 is 0.396 bits per heavy atom. The topological polar surface area (TPSA) is 88.1 Å². The molecule has 0 atom stereocenters. The molecule has 0 bridgehead atoms. The zero-order valence-electron chi connectivity index (χ0n) is 34.5. The van der Waals surface area contributed by atoms with Gasteiger partial charge >= 0.3 is 17.9 Å². The molecule has 0 aliphatic carbocycles. The van der Waals surface area contributed by atoms with E-state index in [9.17, 15) is 14.4 Å². The van der Waals surface area contributed by atoms with Gasteiger partial charge in [-0.25, -0.2) is 4.79 Å². The monoisotopic (exact) mass is 824 g/mol. The summed E-state index contributed by atoms with van der Waals surface area (Å²) in [7, 11) is 0. The Labute approximate surface area is 340 Å². The zero-order chi connectivity index (χ0) is 38.9. The minimum absolute atomic E-state index is 0.0172. The number of esters is 3. The van der Waals surface area contributed by atoms with Crippen LogP contribution in [0.25, 0.3) is 0 Å². The molecule has 0 aliphatic rings. The first-order valence-corrected chi connectivity index (χ1v) is 27.8. The molecule has 0 aromatic heterocycles. The fraction of sp³-hybridized carbons (Fsp3) is 0.929. The lowest BCUT2D eigenvalue weighted by Gasteiger charge is -2.20. The molecule has 0 aromatic rings. The van der Waals surface area contributed by atoms with Crippen LogP contribution in [0.2, 0.25) is 0 Å². The van der Waals surface area contributed by atoms with Crippen LogP contribution in [0, 0.1) is 0 Å². The minimum atomic E-state index is -2.82. The standard InChI is InChI=1S/C42H81O7PS3/c1-4-7-10-13-16-19-22-25-28-31-34-46-40(43)37-49-50(51,52-38-41(44)47-35-32-29-26-23-20-17-14-11-8-5-2)53-39-42(45)48-36-33-30-27-24-21-18-15-12-9-6-3/h4-39H2,1-3H3. The number of hydrogen-bond donors (Lipinski definition) is 0. The Balaban J connectivity index is 4.47. The molecule has 53 heavy (non-hydrogen) atoms. The maximum absolute atomic E-state index is 12.6. The van der Waals surface area contributed by atoms with Crippen LogP contribution in [0.15, 0.2) is 0 Å². The lowest BCUT2D eigenvalue weighted by molar-refractivity contribution is -0.146. The van der Waals surface area contributed by atoms with Gasteiger partial charge in [0.25, 0.3) is 0 Å². The molecule has 314 valence electrons. The molecule has 7 nitrogen and oxygen atoms in total. The van der Waals surface area contributed by atoms with E-state index in [4.69, 9.17) is 30.5 Å². The van der Waals surface area contributed by atoms with Crippen LogP contribution < -0.4 is 0 Å². The van der Waals surface area contributed by atoms with E-state index in [2.05, 4.69) is 20.8 Å². The third kappa shape index (κ3) is 39.7. The number of carbonyl (C=O) groups is 3. The van der Waals surface area contributed by atoms with Crippen LogP contribution in [0.1, 0.15) is 213 Å². The highest BCUT2D eigenvalue weighted by molar-refractivity contribution is 8.99. The van der Waals surface area contributed by atoms with Crippen LogP contribution in [-0.2, 0) is 44.9 Å². The number of unbranched alkanes of at least 4 members (excludes halogenated alkanes) is 27. The lowest BCUT2D eigenvalue weighted by atomic mass is 10.1. The molecule has 0 unspecified atom stereocenters. The van der Waals surface area contributed by atoms with Gasteiger partial charge in [0.15, 0.2) is 11.3 Å². The van der Waals surface area contributed by atoms with E-state index < -0.39 is 10.6 Å². The lowest BCUT2D eigenvalue weighted by Crippen LogP contribution is -2.13. The third-order valence-electron chi connectivity index (χ3n) is 9.30. The van der Waals surface area contributed by atoms with Crippen molar-refractivity contribution in [2.75, 3.05) is 37.9 Å². The molecule has 0 N–H and O–H groups in total. The van der Waals surface area contributed by atoms with Crippen LogP contribution in [0.3, 0.4) is 0 Å². The Morgan fingerprint density at radius 2 is 0.642 bits per heavy atom. The Hall–Kier alpha value is -0.280. The van der Waals surface area contributed by atoms with E-state index in [1.54, 1.807) is 0 Å². The van der Waals surface area contributed by atoms with Crippen molar-refractivity contribution in [1.82, 2.24) is 0 Å². The zero-order valence-corrected chi connectivity index (χ0v) is 37.8. The van der Waals surface area contributed by atoms with Crippen molar-refractivity contribution in [2.45, 2.75) is 213 Å². The Bertz CT molecular complexity index is 783. The van der Waals surface area contributed by atoms with Gasteiger partial charge in [0.2, 0.25) is 0 Å². The Kier molecular flexibility index (Phi) is 41.1. The highest BCUT2D eigenvalue weighted by Crippen LogP contribution is 2.70. The van der Waals surface area contributed by atoms with Crippen molar-refractivity contribution in [2.24, 2.45) is 0 Å². The van der Waals surface area contributed by atoms with Crippen molar-refractivity contribution in [3.8, 4) is 0 Å². The summed E-state index contributed by atoms with van der Waals surface area (Å²) >= 11 is 8.17. The average molecular weight is 825 g/mol. The third-order valence-corrected chi connectivity index (χ3v) is 18.5. The quantitative estimate of drug-likeness (QED) is 0.0257. The normalized spacial score (nSPS) is 11.5. The van der Waals surface area contributed by atoms with E-state index in [0.717, 1.165) is 57.8 Å². The summed E-state index contributed by atoms with van der Waals surface area (Å²) in [6.45, 7) is 7.57. The number of ether oxygens (including phenoxy) is 3. The summed E-state index contributed by atoms with van der Waals surface area (Å²) in [5.74, 6) is -1.14. The van der Waals surface area contributed by atoms with Gasteiger partial charge in [-0.15, -0.1) is 0 Å². The first kappa shape index (κ1) is 52.7. The van der Waals surface area contributed by atoms with Gasteiger partial charge in [-0.05, 0) is 31.1 Å². The largest absolute Gasteiger partial charge is 0.465 e. The summed E-state index contributed by atoms with van der Waals surface area (Å²) in [6, 6.07) is 0. The molecule has 0 radical (unpaired) electrons. The molecule has 11 heteroatoms. The fourth-order valence-corrected chi connectivity index (χ4v) is 12.4. The van der Waals surface area contributed by atoms with E-state index in [1.165, 1.54) is 158 Å². The molecule has 0 aliphatic heterocycles. The molecule has 0 amide bonds. The van der Waals surface area contributed by atoms with Crippen LogP contribution >= 0.6 is 27.4 Å². The number of carbonyl (C=O) groups excluding carboxylic acids is 3. The van der Waals surface area contributed by atoms with Crippen molar-refractivity contribution in [1.29, 1.82) is 0 Å². The summed E-state index contributed by atoms with van der Waals surface area (Å²) in [5, 5.41) is 0. The molecule has 0 spiro atoms. The minimum Gasteiger partial charge on any atom is -0.465 e. The van der Waals surface area contributed by atoms with E-state index >= 15 is 0 Å². The molecular formula is C42H81O7PS3. The SMILES string of the molecule is CCCCCCCCCCCCOC(=O)COP(=S)(SCC(=O)OCCCCCCCCCCCC)SCC(=O)OCCCCCCCCCCCC. The Morgan fingerprint density at radius 3 is 0.925 bits per heavy atom. The van der Waals surface area contributed by atoms with Gasteiger partial charge in [0.1, 0.15) is 0 Å². The van der Waals surface area contributed by atoms with Crippen molar-refractivity contribution in [3.63, 3.8) is 0 Å².